The number of hydrogen-bond acceptors (Lipinski definition) is 3. The number of nitrogens with zero attached hydrogens (tertiary/aromatic N) is 3. The highest BCUT2D eigenvalue weighted by atomic mass is 14.9. The maximum Gasteiger partial charge on any atom is 0.160 e. The summed E-state index contributed by atoms with van der Waals surface area (Å²) in [6, 6.07) is 51.5. The van der Waals surface area contributed by atoms with Gasteiger partial charge in [0.2, 0.25) is 0 Å². The highest BCUT2D eigenvalue weighted by Crippen LogP contribution is 2.53. The summed E-state index contributed by atoms with van der Waals surface area (Å²) >= 11 is 0. The van der Waals surface area contributed by atoms with Crippen LogP contribution in [0.1, 0.15) is 25.0 Å². The second-order valence-electron chi connectivity index (χ2n) is 12.9. The fourth-order valence-electron chi connectivity index (χ4n) is 7.30. The van der Waals surface area contributed by atoms with Crippen molar-refractivity contribution in [2.24, 2.45) is 0 Å². The Morgan fingerprint density at radius 2 is 1.09 bits per heavy atom. The first-order valence-electron chi connectivity index (χ1n) is 16.1. The summed E-state index contributed by atoms with van der Waals surface area (Å²) in [7, 11) is 0. The molecule has 2 heterocycles. The molecule has 47 heavy (non-hydrogen) atoms. The number of aromatic nitrogens is 3. The van der Waals surface area contributed by atoms with Gasteiger partial charge in [0.15, 0.2) is 5.82 Å². The summed E-state index contributed by atoms with van der Waals surface area (Å²) in [5.41, 5.74) is 13.2. The smallest absolute Gasteiger partial charge is 0.160 e. The third kappa shape index (κ3) is 4.46. The van der Waals surface area contributed by atoms with Gasteiger partial charge in [0.05, 0.1) is 16.9 Å². The van der Waals surface area contributed by atoms with Crippen LogP contribution < -0.4 is 0 Å². The molecule has 2 aromatic heterocycles. The van der Waals surface area contributed by atoms with Gasteiger partial charge in [-0.3, -0.25) is 4.98 Å². The Hall–Kier alpha value is -5.93. The van der Waals surface area contributed by atoms with Crippen LogP contribution in [-0.4, -0.2) is 15.0 Å². The van der Waals surface area contributed by atoms with Crippen molar-refractivity contribution < 1.29 is 0 Å². The van der Waals surface area contributed by atoms with Crippen LogP contribution in [0.3, 0.4) is 0 Å². The van der Waals surface area contributed by atoms with E-state index in [1.54, 1.807) is 0 Å². The average molecular weight is 602 g/mol. The number of fused-ring (bicyclic) bond motifs is 5. The maximum atomic E-state index is 5.28. The van der Waals surface area contributed by atoms with Gasteiger partial charge in [0.1, 0.15) is 0 Å². The van der Waals surface area contributed by atoms with Crippen LogP contribution in [0.15, 0.2) is 152 Å². The Balaban J connectivity index is 1.29. The average Bonchev–Trinajstić information content (AvgIpc) is 3.36. The van der Waals surface area contributed by atoms with Crippen LogP contribution in [0.2, 0.25) is 0 Å². The van der Waals surface area contributed by atoms with Gasteiger partial charge in [-0.2, -0.15) is 0 Å². The lowest BCUT2D eigenvalue weighted by Gasteiger charge is -2.22. The molecule has 1 aliphatic rings. The first-order valence-corrected chi connectivity index (χ1v) is 16.1. The molecule has 3 nitrogen and oxygen atoms in total. The van der Waals surface area contributed by atoms with E-state index >= 15 is 0 Å². The molecule has 0 aliphatic heterocycles. The van der Waals surface area contributed by atoms with E-state index in [-0.39, 0.29) is 5.41 Å². The zero-order valence-electron chi connectivity index (χ0n) is 26.3. The third-order valence-corrected chi connectivity index (χ3v) is 9.70. The minimum absolute atomic E-state index is 0.140. The summed E-state index contributed by atoms with van der Waals surface area (Å²) in [5, 5.41) is 3.63. The number of rotatable bonds is 4. The highest BCUT2D eigenvalue weighted by molar-refractivity contribution is 5.99. The zero-order chi connectivity index (χ0) is 31.5. The largest absolute Gasteiger partial charge is 0.256 e. The van der Waals surface area contributed by atoms with Crippen molar-refractivity contribution in [2.75, 3.05) is 0 Å². The second kappa shape index (κ2) is 10.6. The monoisotopic (exact) mass is 601 g/mol. The summed E-state index contributed by atoms with van der Waals surface area (Å²) in [4.78, 5) is 15.3. The predicted molar refractivity (Wildman–Crippen MR) is 194 cm³/mol. The maximum absolute atomic E-state index is 5.28. The Kier molecular flexibility index (Phi) is 6.16. The molecule has 1 aliphatic carbocycles. The quantitative estimate of drug-likeness (QED) is 0.201. The molecule has 0 N–H and O–H groups in total. The minimum atomic E-state index is -0.140. The van der Waals surface area contributed by atoms with Gasteiger partial charge in [-0.05, 0) is 68.9 Å². The van der Waals surface area contributed by atoms with E-state index in [9.17, 15) is 0 Å². The van der Waals surface area contributed by atoms with E-state index in [2.05, 4.69) is 129 Å². The van der Waals surface area contributed by atoms with Gasteiger partial charge in [-0.25, -0.2) is 9.97 Å². The number of para-hydroxylation sites is 1. The molecule has 9 rings (SSSR count). The summed E-state index contributed by atoms with van der Waals surface area (Å²) < 4.78 is 0. The van der Waals surface area contributed by atoms with Gasteiger partial charge in [-0.15, -0.1) is 0 Å². The van der Waals surface area contributed by atoms with Crippen LogP contribution in [0.4, 0.5) is 0 Å². The van der Waals surface area contributed by atoms with E-state index < -0.39 is 0 Å². The topological polar surface area (TPSA) is 38.7 Å². The van der Waals surface area contributed by atoms with Gasteiger partial charge in [-0.1, -0.05) is 129 Å². The molecule has 0 radical (unpaired) electrons. The van der Waals surface area contributed by atoms with Crippen molar-refractivity contribution in [2.45, 2.75) is 19.3 Å². The molecule has 0 spiro atoms. The SMILES string of the molecule is CC1(C)c2cc3ccccc3cc2-c2c(-c3cc(-c4ccccc4-c4cnc5ccccc5c4)nc(-c4ccccc4)n3)cccc21. The molecule has 0 fully saturated rings. The van der Waals surface area contributed by atoms with Crippen molar-refractivity contribution in [3.05, 3.63) is 163 Å². The first kappa shape index (κ1) is 27.4. The standard InChI is InChI=1S/C44H31N3/c1-44(2)37-21-12-20-35(42(37)36-24-29-15-6-7-16-30(29)25-38(36)44)41-26-40(46-43(47-41)28-13-4-3-5-14-28)34-19-10-9-18-33(34)32-23-31-17-8-11-22-39(31)45-27-32/h3-27H,1-2H3. The van der Waals surface area contributed by atoms with Crippen molar-refractivity contribution in [3.63, 3.8) is 0 Å². The Morgan fingerprint density at radius 3 is 1.89 bits per heavy atom. The van der Waals surface area contributed by atoms with E-state index in [1.165, 1.54) is 33.0 Å². The zero-order valence-corrected chi connectivity index (χ0v) is 26.3. The summed E-state index contributed by atoms with van der Waals surface area (Å²) in [5.74, 6) is 0.707. The van der Waals surface area contributed by atoms with Crippen LogP contribution in [0.25, 0.3) is 77.8 Å². The van der Waals surface area contributed by atoms with Gasteiger partial charge in [0, 0.05) is 39.3 Å². The molecule has 0 atom stereocenters. The van der Waals surface area contributed by atoms with Crippen LogP contribution in [0.5, 0.6) is 0 Å². The molecule has 0 unspecified atom stereocenters. The lowest BCUT2D eigenvalue weighted by molar-refractivity contribution is 0.661. The lowest BCUT2D eigenvalue weighted by atomic mass is 9.81. The van der Waals surface area contributed by atoms with Crippen LogP contribution in [-0.2, 0) is 5.41 Å². The van der Waals surface area contributed by atoms with E-state index in [0.717, 1.165) is 50.1 Å². The van der Waals surface area contributed by atoms with Gasteiger partial charge >= 0.3 is 0 Å². The van der Waals surface area contributed by atoms with Gasteiger partial charge in [0.25, 0.3) is 0 Å². The molecule has 6 aromatic carbocycles. The predicted octanol–water partition coefficient (Wildman–Crippen LogP) is 11.2. The summed E-state index contributed by atoms with van der Waals surface area (Å²) in [6.07, 6.45) is 1.97. The van der Waals surface area contributed by atoms with Crippen LogP contribution in [0, 0.1) is 0 Å². The third-order valence-electron chi connectivity index (χ3n) is 9.70. The molecule has 0 saturated heterocycles. The van der Waals surface area contributed by atoms with Crippen LogP contribution >= 0.6 is 0 Å². The van der Waals surface area contributed by atoms with E-state index in [4.69, 9.17) is 15.0 Å². The molecule has 3 heteroatoms. The lowest BCUT2D eigenvalue weighted by Crippen LogP contribution is -2.14. The fraction of sp³-hybridized carbons (Fsp3) is 0.0682. The minimum Gasteiger partial charge on any atom is -0.256 e. The molecule has 0 bridgehead atoms. The highest BCUT2D eigenvalue weighted by Gasteiger charge is 2.37. The molecular weight excluding hydrogens is 571 g/mol. The van der Waals surface area contributed by atoms with Crippen molar-refractivity contribution in [1.29, 1.82) is 0 Å². The number of pyridine rings is 1. The van der Waals surface area contributed by atoms with E-state index in [1.807, 2.05) is 36.5 Å². The molecule has 8 aromatic rings. The normalized spacial score (nSPS) is 13.1. The fourth-order valence-corrected chi connectivity index (χ4v) is 7.30. The van der Waals surface area contributed by atoms with Crippen molar-refractivity contribution in [3.8, 4) is 56.2 Å². The molecular formula is C44H31N3. The van der Waals surface area contributed by atoms with E-state index in [0.29, 0.717) is 5.82 Å². The molecule has 0 amide bonds. The summed E-state index contributed by atoms with van der Waals surface area (Å²) in [6.45, 7) is 4.68. The second-order valence-corrected chi connectivity index (χ2v) is 12.9. The number of hydrogen-bond donors (Lipinski definition) is 0. The first-order chi connectivity index (χ1) is 23.0. The molecule has 222 valence electrons. The Morgan fingerprint density at radius 1 is 0.447 bits per heavy atom. The number of benzene rings is 6. The van der Waals surface area contributed by atoms with Crippen molar-refractivity contribution >= 4 is 21.7 Å². The van der Waals surface area contributed by atoms with Gasteiger partial charge < -0.3 is 0 Å². The molecule has 0 saturated carbocycles. The Labute approximate surface area is 274 Å². The van der Waals surface area contributed by atoms with Crippen molar-refractivity contribution in [1.82, 2.24) is 15.0 Å². The Bertz CT molecular complexity index is 2490.